The number of urea groups is 1. The van der Waals surface area contributed by atoms with Crippen LogP contribution in [0.2, 0.25) is 0 Å². The van der Waals surface area contributed by atoms with Crippen molar-refractivity contribution in [2.75, 3.05) is 6.54 Å². The molecule has 1 spiro atoms. The first-order valence-electron chi connectivity index (χ1n) is 10.6. The van der Waals surface area contributed by atoms with Gasteiger partial charge in [0.2, 0.25) is 5.91 Å². The van der Waals surface area contributed by atoms with Gasteiger partial charge in [-0.15, -0.1) is 11.3 Å². The Morgan fingerprint density at radius 1 is 1.25 bits per heavy atom. The fourth-order valence-corrected chi connectivity index (χ4v) is 5.89. The van der Waals surface area contributed by atoms with Crippen molar-refractivity contribution in [3.8, 4) is 0 Å². The molecule has 1 aromatic heterocycles. The number of carbonyl (C=O) groups excluding carboxylic acids is 3. The van der Waals surface area contributed by atoms with Crippen molar-refractivity contribution in [3.05, 3.63) is 22.4 Å². The predicted molar refractivity (Wildman–Crippen MR) is 108 cm³/mol. The molecular weight excluding hydrogens is 374 g/mol. The quantitative estimate of drug-likeness (QED) is 0.681. The molecule has 152 valence electrons. The Morgan fingerprint density at radius 3 is 2.68 bits per heavy atom. The number of rotatable bonds is 7. The van der Waals surface area contributed by atoms with Gasteiger partial charge in [-0.3, -0.25) is 14.5 Å². The Hall–Kier alpha value is -1.89. The molecule has 4 rings (SSSR count). The van der Waals surface area contributed by atoms with Crippen LogP contribution in [0.25, 0.3) is 0 Å². The molecule has 2 aliphatic carbocycles. The Labute approximate surface area is 170 Å². The van der Waals surface area contributed by atoms with Crippen molar-refractivity contribution in [3.63, 3.8) is 0 Å². The standard InChI is InChI=1S/C21H29N3O3S/c25-17(22-18(15-7-1-2-8-15)16-9-6-14-28-16)10-5-13-24-19(26)21(23-20(24)27)11-3-4-12-21/h6,9,14-15,18H,1-5,7-8,10-13H2,(H,22,25)(H,23,27)/t18-/m0/s1. The summed E-state index contributed by atoms with van der Waals surface area (Å²) in [4.78, 5) is 40.0. The highest BCUT2D eigenvalue weighted by molar-refractivity contribution is 7.10. The van der Waals surface area contributed by atoms with Gasteiger partial charge in [-0.2, -0.15) is 0 Å². The van der Waals surface area contributed by atoms with Crippen molar-refractivity contribution in [2.45, 2.75) is 75.8 Å². The summed E-state index contributed by atoms with van der Waals surface area (Å²) in [5.41, 5.74) is -0.661. The summed E-state index contributed by atoms with van der Waals surface area (Å²) in [7, 11) is 0. The molecule has 2 N–H and O–H groups in total. The van der Waals surface area contributed by atoms with Crippen LogP contribution >= 0.6 is 11.3 Å². The summed E-state index contributed by atoms with van der Waals surface area (Å²) in [6.07, 6.45) is 9.05. The van der Waals surface area contributed by atoms with E-state index in [1.54, 1.807) is 11.3 Å². The van der Waals surface area contributed by atoms with E-state index in [0.717, 1.165) is 38.5 Å². The van der Waals surface area contributed by atoms with E-state index in [0.29, 0.717) is 25.3 Å². The lowest BCUT2D eigenvalue weighted by Gasteiger charge is -2.24. The molecule has 6 nitrogen and oxygen atoms in total. The summed E-state index contributed by atoms with van der Waals surface area (Å²) < 4.78 is 0. The molecule has 4 amide bonds. The summed E-state index contributed by atoms with van der Waals surface area (Å²) in [5.74, 6) is 0.418. The Bertz CT molecular complexity index is 721. The van der Waals surface area contributed by atoms with Crippen molar-refractivity contribution in [2.24, 2.45) is 5.92 Å². The third-order valence-electron chi connectivity index (χ3n) is 6.53. The average Bonchev–Trinajstić information content (AvgIpc) is 3.46. The molecule has 7 heteroatoms. The summed E-state index contributed by atoms with van der Waals surface area (Å²) in [6.45, 7) is 0.312. The first kappa shape index (κ1) is 19.4. The van der Waals surface area contributed by atoms with Crippen LogP contribution in [-0.4, -0.2) is 34.8 Å². The smallest absolute Gasteiger partial charge is 0.325 e. The maximum Gasteiger partial charge on any atom is 0.325 e. The zero-order valence-electron chi connectivity index (χ0n) is 16.2. The van der Waals surface area contributed by atoms with E-state index in [1.165, 1.54) is 22.6 Å². The van der Waals surface area contributed by atoms with Gasteiger partial charge in [0.25, 0.3) is 5.91 Å². The van der Waals surface area contributed by atoms with Gasteiger partial charge in [0, 0.05) is 17.8 Å². The van der Waals surface area contributed by atoms with E-state index >= 15 is 0 Å². The lowest BCUT2D eigenvalue weighted by atomic mass is 9.96. The molecule has 0 aromatic carbocycles. The van der Waals surface area contributed by atoms with Crippen molar-refractivity contribution < 1.29 is 14.4 Å². The fourth-order valence-electron chi connectivity index (χ4n) is 5.02. The topological polar surface area (TPSA) is 78.5 Å². The second-order valence-corrected chi connectivity index (χ2v) is 9.36. The van der Waals surface area contributed by atoms with E-state index in [1.807, 2.05) is 6.07 Å². The molecule has 0 radical (unpaired) electrons. The molecular formula is C21H29N3O3S. The molecule has 1 aromatic rings. The molecule has 1 saturated heterocycles. The Morgan fingerprint density at radius 2 is 2.00 bits per heavy atom. The second-order valence-electron chi connectivity index (χ2n) is 8.38. The van der Waals surface area contributed by atoms with E-state index in [-0.39, 0.29) is 23.9 Å². The monoisotopic (exact) mass is 403 g/mol. The van der Waals surface area contributed by atoms with Gasteiger partial charge < -0.3 is 10.6 Å². The van der Waals surface area contributed by atoms with Crippen LogP contribution in [0, 0.1) is 5.92 Å². The van der Waals surface area contributed by atoms with E-state index < -0.39 is 5.54 Å². The second kappa shape index (κ2) is 8.23. The summed E-state index contributed by atoms with van der Waals surface area (Å²) >= 11 is 1.69. The lowest BCUT2D eigenvalue weighted by Crippen LogP contribution is -2.44. The molecule has 3 aliphatic rings. The highest BCUT2D eigenvalue weighted by atomic mass is 32.1. The fraction of sp³-hybridized carbons (Fsp3) is 0.667. The minimum absolute atomic E-state index is 0.00735. The number of hydrogen-bond donors (Lipinski definition) is 2. The van der Waals surface area contributed by atoms with Crippen LogP contribution in [0.1, 0.15) is 75.1 Å². The van der Waals surface area contributed by atoms with Crippen LogP contribution in [0.3, 0.4) is 0 Å². The number of imide groups is 1. The number of nitrogens with one attached hydrogen (secondary N) is 2. The van der Waals surface area contributed by atoms with Crippen LogP contribution < -0.4 is 10.6 Å². The average molecular weight is 404 g/mol. The highest BCUT2D eigenvalue weighted by Crippen LogP contribution is 2.37. The third kappa shape index (κ3) is 3.81. The minimum atomic E-state index is -0.661. The summed E-state index contributed by atoms with van der Waals surface area (Å²) in [5, 5.41) is 8.17. The SMILES string of the molecule is O=C(CCCN1C(=O)NC2(CCCC2)C1=O)N[C@H](c1cccs1)C1CCCC1. The molecule has 28 heavy (non-hydrogen) atoms. The maximum atomic E-state index is 12.7. The van der Waals surface area contributed by atoms with Crippen molar-refractivity contribution in [1.82, 2.24) is 15.5 Å². The highest BCUT2D eigenvalue weighted by Gasteiger charge is 2.52. The number of hydrogen-bond acceptors (Lipinski definition) is 4. The van der Waals surface area contributed by atoms with E-state index in [9.17, 15) is 14.4 Å². The molecule has 1 atom stereocenters. The van der Waals surface area contributed by atoms with Gasteiger partial charge in [0.15, 0.2) is 0 Å². The van der Waals surface area contributed by atoms with Crippen molar-refractivity contribution >= 4 is 29.2 Å². The van der Waals surface area contributed by atoms with Crippen LogP contribution in [-0.2, 0) is 9.59 Å². The third-order valence-corrected chi connectivity index (χ3v) is 7.48. The zero-order valence-corrected chi connectivity index (χ0v) is 17.1. The van der Waals surface area contributed by atoms with Gasteiger partial charge in [-0.1, -0.05) is 31.7 Å². The zero-order chi connectivity index (χ0) is 19.6. The number of thiophene rings is 1. The van der Waals surface area contributed by atoms with Crippen LogP contribution in [0.15, 0.2) is 17.5 Å². The Kier molecular flexibility index (Phi) is 5.71. The number of carbonyl (C=O) groups is 3. The Balaban J connectivity index is 1.29. The van der Waals surface area contributed by atoms with Crippen LogP contribution in [0.4, 0.5) is 4.79 Å². The molecule has 3 fully saturated rings. The van der Waals surface area contributed by atoms with E-state index in [4.69, 9.17) is 0 Å². The van der Waals surface area contributed by atoms with Crippen LogP contribution in [0.5, 0.6) is 0 Å². The van der Waals surface area contributed by atoms with Crippen molar-refractivity contribution in [1.29, 1.82) is 0 Å². The largest absolute Gasteiger partial charge is 0.348 e. The molecule has 1 aliphatic heterocycles. The maximum absolute atomic E-state index is 12.7. The summed E-state index contributed by atoms with van der Waals surface area (Å²) in [6, 6.07) is 3.93. The van der Waals surface area contributed by atoms with E-state index in [2.05, 4.69) is 22.1 Å². The normalized spacial score (nSPS) is 22.8. The first-order valence-corrected chi connectivity index (χ1v) is 11.4. The van der Waals surface area contributed by atoms with Gasteiger partial charge in [-0.05, 0) is 49.5 Å². The predicted octanol–water partition coefficient (Wildman–Crippen LogP) is 3.74. The number of amides is 4. The molecule has 2 heterocycles. The molecule has 0 bridgehead atoms. The minimum Gasteiger partial charge on any atom is -0.348 e. The molecule has 2 saturated carbocycles. The van der Waals surface area contributed by atoms with Gasteiger partial charge in [0.1, 0.15) is 5.54 Å². The number of nitrogens with zero attached hydrogens (tertiary/aromatic N) is 1. The molecule has 0 unspecified atom stereocenters. The first-order chi connectivity index (χ1) is 13.6. The lowest BCUT2D eigenvalue weighted by molar-refractivity contribution is -0.131. The van der Waals surface area contributed by atoms with Gasteiger partial charge in [-0.25, -0.2) is 4.79 Å². The van der Waals surface area contributed by atoms with Gasteiger partial charge >= 0.3 is 6.03 Å². The van der Waals surface area contributed by atoms with Gasteiger partial charge in [0.05, 0.1) is 6.04 Å².